The molecule has 192 valence electrons. The van der Waals surface area contributed by atoms with E-state index in [2.05, 4.69) is 12.2 Å². The molecule has 0 spiro atoms. The maximum absolute atomic E-state index is 13.1. The lowest BCUT2D eigenvalue weighted by Gasteiger charge is -2.27. The average molecular weight is 494 g/mol. The third kappa shape index (κ3) is 7.37. The summed E-state index contributed by atoms with van der Waals surface area (Å²) in [5.74, 6) is 0.148. The van der Waals surface area contributed by atoms with Gasteiger partial charge in [0.05, 0.1) is 23.6 Å². The zero-order chi connectivity index (χ0) is 25.4. The molecule has 1 aliphatic heterocycles. The van der Waals surface area contributed by atoms with Crippen LogP contribution in [0.15, 0.2) is 42.5 Å². The van der Waals surface area contributed by atoms with E-state index in [-0.39, 0.29) is 5.91 Å². The van der Waals surface area contributed by atoms with Gasteiger partial charge in [0.2, 0.25) is 5.91 Å². The molecule has 0 bridgehead atoms. The van der Waals surface area contributed by atoms with Crippen LogP contribution < -0.4 is 14.8 Å². The Hall–Kier alpha value is -2.74. The van der Waals surface area contributed by atoms with Crippen LogP contribution in [0.5, 0.6) is 11.5 Å². The molecule has 2 aromatic carbocycles. The summed E-state index contributed by atoms with van der Waals surface area (Å²) in [6.45, 7) is 4.67. The second-order valence-electron chi connectivity index (χ2n) is 9.01. The molecule has 35 heavy (non-hydrogen) atoms. The van der Waals surface area contributed by atoms with Gasteiger partial charge in [-0.3, -0.25) is 4.79 Å². The van der Waals surface area contributed by atoms with Gasteiger partial charge < -0.3 is 19.9 Å². The Bertz CT molecular complexity index is 962. The maximum atomic E-state index is 13.1. The maximum Gasteiger partial charge on any atom is 0.416 e. The number of aliphatic hydroxyl groups excluding tert-OH is 1. The fraction of sp³-hybridized carbons (Fsp3) is 0.519. The van der Waals surface area contributed by atoms with Gasteiger partial charge in [-0.15, -0.1) is 0 Å². The number of halogens is 3. The van der Waals surface area contributed by atoms with Crippen LogP contribution in [0.3, 0.4) is 0 Å². The van der Waals surface area contributed by atoms with Crippen molar-refractivity contribution >= 4 is 5.91 Å². The van der Waals surface area contributed by atoms with Gasteiger partial charge in [-0.2, -0.15) is 13.2 Å². The molecule has 0 saturated carbocycles. The fourth-order valence-electron chi connectivity index (χ4n) is 4.17. The van der Waals surface area contributed by atoms with Crippen molar-refractivity contribution in [3.63, 3.8) is 0 Å². The van der Waals surface area contributed by atoms with Gasteiger partial charge >= 0.3 is 6.18 Å². The van der Waals surface area contributed by atoms with Crippen LogP contribution in [0.2, 0.25) is 0 Å². The van der Waals surface area contributed by atoms with E-state index in [9.17, 15) is 23.1 Å². The topological polar surface area (TPSA) is 67.8 Å². The predicted octanol–water partition coefficient (Wildman–Crippen LogP) is 6.16. The van der Waals surface area contributed by atoms with E-state index < -0.39 is 29.8 Å². The zero-order valence-corrected chi connectivity index (χ0v) is 20.2. The molecule has 0 saturated heterocycles. The summed E-state index contributed by atoms with van der Waals surface area (Å²) in [4.78, 5) is 13.1. The number of unbranched alkanes of at least 4 members (excludes halogenated alkanes) is 4. The number of hydrogen-bond acceptors (Lipinski definition) is 4. The lowest BCUT2D eigenvalue weighted by Crippen LogP contribution is -2.41. The quantitative estimate of drug-likeness (QED) is 0.368. The van der Waals surface area contributed by atoms with Crippen LogP contribution in [-0.2, 0) is 11.0 Å². The van der Waals surface area contributed by atoms with Crippen molar-refractivity contribution in [1.82, 2.24) is 5.32 Å². The van der Waals surface area contributed by atoms with Crippen LogP contribution in [-0.4, -0.2) is 30.3 Å². The Morgan fingerprint density at radius 2 is 1.60 bits per heavy atom. The smallest absolute Gasteiger partial charge is 0.416 e. The average Bonchev–Trinajstić information content (AvgIpc) is 2.86. The molecular weight excluding hydrogens is 459 g/mol. The zero-order valence-electron chi connectivity index (χ0n) is 20.2. The van der Waals surface area contributed by atoms with Gasteiger partial charge in [0, 0.05) is 0 Å². The molecule has 3 unspecified atom stereocenters. The van der Waals surface area contributed by atoms with Gasteiger partial charge in [-0.1, -0.05) is 57.2 Å². The number of amides is 1. The SMILES string of the molecule is CCCCCCCC(NC(=O)C(C)c1ccc(C(F)(F)F)cc1)C(O)c1ccc2c(c1)OCCO2. The molecule has 5 nitrogen and oxygen atoms in total. The number of rotatable bonds is 11. The van der Waals surface area contributed by atoms with Gasteiger partial charge in [-0.25, -0.2) is 0 Å². The molecule has 1 aliphatic rings. The highest BCUT2D eigenvalue weighted by atomic mass is 19.4. The third-order valence-corrected chi connectivity index (χ3v) is 6.37. The number of alkyl halides is 3. The van der Waals surface area contributed by atoms with Crippen LogP contribution >= 0.6 is 0 Å². The van der Waals surface area contributed by atoms with E-state index >= 15 is 0 Å². The Kier molecular flexibility index (Phi) is 9.43. The summed E-state index contributed by atoms with van der Waals surface area (Å²) in [6, 6.07) is 9.29. The lowest BCUT2D eigenvalue weighted by atomic mass is 9.94. The standard InChI is InChI=1S/C27H34F3NO4/c1-3-4-5-6-7-8-22(25(32)20-11-14-23-24(17-20)35-16-15-34-23)31-26(33)18(2)19-9-12-21(13-10-19)27(28,29)30/h9-14,17-18,22,25,32H,3-8,15-16H2,1-2H3,(H,31,33). The molecule has 2 N–H and O–H groups in total. The first-order valence-corrected chi connectivity index (χ1v) is 12.3. The van der Waals surface area contributed by atoms with Gasteiger partial charge in [0.1, 0.15) is 13.2 Å². The first-order chi connectivity index (χ1) is 16.7. The number of hydrogen-bond donors (Lipinski definition) is 2. The van der Waals surface area contributed by atoms with Crippen LogP contribution in [0.1, 0.15) is 81.1 Å². The molecule has 3 rings (SSSR count). The summed E-state index contributed by atoms with van der Waals surface area (Å²) < 4.78 is 49.8. The molecule has 0 aromatic heterocycles. The number of benzene rings is 2. The highest BCUT2D eigenvalue weighted by molar-refractivity contribution is 5.83. The van der Waals surface area contributed by atoms with Crippen molar-refractivity contribution in [2.24, 2.45) is 0 Å². The first kappa shape index (κ1) is 26.9. The van der Waals surface area contributed by atoms with Crippen LogP contribution in [0.4, 0.5) is 13.2 Å². The Labute approximate surface area is 204 Å². The van der Waals surface area contributed by atoms with Gasteiger partial charge in [0.15, 0.2) is 11.5 Å². The summed E-state index contributed by atoms with van der Waals surface area (Å²) in [5.41, 5.74) is 0.328. The number of ether oxygens (including phenoxy) is 2. The van der Waals surface area contributed by atoms with Crippen molar-refractivity contribution in [2.45, 2.75) is 76.6 Å². The molecule has 3 atom stereocenters. The van der Waals surface area contributed by atoms with E-state index in [4.69, 9.17) is 9.47 Å². The molecular formula is C27H34F3NO4. The number of carbonyl (C=O) groups excluding carboxylic acids is 1. The van der Waals surface area contributed by atoms with E-state index in [0.717, 1.165) is 44.2 Å². The molecule has 0 fully saturated rings. The highest BCUT2D eigenvalue weighted by Crippen LogP contribution is 2.34. The van der Waals surface area contributed by atoms with Crippen molar-refractivity contribution in [2.75, 3.05) is 13.2 Å². The summed E-state index contributed by atoms with van der Waals surface area (Å²) in [6.07, 6.45) is 0.326. The lowest BCUT2D eigenvalue weighted by molar-refractivity contribution is -0.137. The number of carbonyl (C=O) groups is 1. The second-order valence-corrected chi connectivity index (χ2v) is 9.01. The Morgan fingerprint density at radius 3 is 2.26 bits per heavy atom. The highest BCUT2D eigenvalue weighted by Gasteiger charge is 2.31. The monoisotopic (exact) mass is 493 g/mol. The Balaban J connectivity index is 1.72. The molecule has 2 aromatic rings. The normalized spacial score (nSPS) is 15.8. The van der Waals surface area contributed by atoms with E-state index in [0.29, 0.717) is 42.3 Å². The van der Waals surface area contributed by atoms with Gasteiger partial charge in [-0.05, 0) is 48.7 Å². The molecule has 8 heteroatoms. The van der Waals surface area contributed by atoms with Gasteiger partial charge in [0.25, 0.3) is 0 Å². The van der Waals surface area contributed by atoms with Crippen molar-refractivity contribution < 1.29 is 32.5 Å². The summed E-state index contributed by atoms with van der Waals surface area (Å²) >= 11 is 0. The van der Waals surface area contributed by atoms with E-state index in [1.54, 1.807) is 25.1 Å². The van der Waals surface area contributed by atoms with Crippen molar-refractivity contribution in [1.29, 1.82) is 0 Å². The minimum absolute atomic E-state index is 0.347. The first-order valence-electron chi connectivity index (χ1n) is 12.3. The minimum atomic E-state index is -4.43. The largest absolute Gasteiger partial charge is 0.486 e. The fourth-order valence-corrected chi connectivity index (χ4v) is 4.17. The summed E-state index contributed by atoms with van der Waals surface area (Å²) in [7, 11) is 0. The van der Waals surface area contributed by atoms with Crippen molar-refractivity contribution in [3.05, 3.63) is 59.2 Å². The van der Waals surface area contributed by atoms with Crippen LogP contribution in [0.25, 0.3) is 0 Å². The van der Waals surface area contributed by atoms with Crippen molar-refractivity contribution in [3.8, 4) is 11.5 Å². The minimum Gasteiger partial charge on any atom is -0.486 e. The summed E-state index contributed by atoms with van der Waals surface area (Å²) in [5, 5.41) is 14.1. The number of fused-ring (bicyclic) bond motifs is 1. The van der Waals surface area contributed by atoms with E-state index in [1.807, 2.05) is 0 Å². The number of aliphatic hydroxyl groups is 1. The molecule has 1 amide bonds. The van der Waals surface area contributed by atoms with Crippen LogP contribution in [0, 0.1) is 0 Å². The van der Waals surface area contributed by atoms with E-state index in [1.165, 1.54) is 12.1 Å². The third-order valence-electron chi connectivity index (χ3n) is 6.37. The predicted molar refractivity (Wildman–Crippen MR) is 128 cm³/mol. The second kappa shape index (κ2) is 12.3. The molecule has 0 aliphatic carbocycles. The Morgan fingerprint density at radius 1 is 0.971 bits per heavy atom. The number of nitrogens with one attached hydrogen (secondary N) is 1. The molecule has 1 heterocycles. The molecule has 0 radical (unpaired) electrons.